The summed E-state index contributed by atoms with van der Waals surface area (Å²) in [5.41, 5.74) is 0. The molecule has 1 saturated carbocycles. The first-order valence-electron chi connectivity index (χ1n) is 7.43. The summed E-state index contributed by atoms with van der Waals surface area (Å²) >= 11 is 0. The van der Waals surface area contributed by atoms with Crippen LogP contribution in [-0.4, -0.2) is 70.3 Å². The van der Waals surface area contributed by atoms with Crippen LogP contribution in [-0.2, 0) is 0 Å². The maximum atomic E-state index is 12.1. The van der Waals surface area contributed by atoms with Crippen molar-refractivity contribution in [2.24, 2.45) is 0 Å². The van der Waals surface area contributed by atoms with Crippen molar-refractivity contribution in [3.8, 4) is 0 Å². The largest absolute Gasteiger partial charge is 0.328 e. The molecule has 2 rings (SSSR count). The van der Waals surface area contributed by atoms with Crippen LogP contribution < -0.4 is 5.32 Å². The molecule has 1 atom stereocenters. The van der Waals surface area contributed by atoms with E-state index < -0.39 is 0 Å². The number of urea groups is 1. The number of rotatable bonds is 7. The van der Waals surface area contributed by atoms with Crippen LogP contribution in [0.25, 0.3) is 0 Å². The fourth-order valence-electron chi connectivity index (χ4n) is 2.15. The molecular weight excluding hydrogens is 270 g/mol. The molecule has 8 heteroatoms. The highest BCUT2D eigenvalue weighted by molar-refractivity contribution is 5.74. The van der Waals surface area contributed by atoms with Gasteiger partial charge in [0.15, 0.2) is 5.82 Å². The summed E-state index contributed by atoms with van der Waals surface area (Å²) in [5.74, 6) is 0.729. The molecule has 1 aromatic heterocycles. The van der Waals surface area contributed by atoms with E-state index in [-0.39, 0.29) is 12.1 Å². The molecule has 0 aliphatic heterocycles. The van der Waals surface area contributed by atoms with Crippen molar-refractivity contribution in [2.75, 3.05) is 34.2 Å². The molecule has 1 aromatic rings. The quantitative estimate of drug-likeness (QED) is 0.799. The van der Waals surface area contributed by atoms with E-state index >= 15 is 0 Å². The predicted octanol–water partition coefficient (Wildman–Crippen LogP) is 0.662. The highest BCUT2D eigenvalue weighted by atomic mass is 16.2. The number of aromatic nitrogens is 4. The Balaban J connectivity index is 1.82. The van der Waals surface area contributed by atoms with E-state index in [9.17, 15) is 4.79 Å². The van der Waals surface area contributed by atoms with E-state index in [0.29, 0.717) is 6.04 Å². The van der Waals surface area contributed by atoms with E-state index in [2.05, 4.69) is 25.7 Å². The van der Waals surface area contributed by atoms with E-state index in [1.165, 1.54) is 0 Å². The molecular formula is C13H25N7O. The Morgan fingerprint density at radius 2 is 2.10 bits per heavy atom. The number of carbonyl (C=O) groups is 1. The first kappa shape index (κ1) is 15.7. The molecule has 1 N–H and O–H groups in total. The lowest BCUT2D eigenvalue weighted by Crippen LogP contribution is -2.40. The lowest BCUT2D eigenvalue weighted by Gasteiger charge is -2.21. The van der Waals surface area contributed by atoms with E-state index in [0.717, 1.165) is 38.2 Å². The number of nitrogens with one attached hydrogen (secondary N) is 1. The topological polar surface area (TPSA) is 79.2 Å². The summed E-state index contributed by atoms with van der Waals surface area (Å²) in [6.07, 6.45) is 3.18. The van der Waals surface area contributed by atoms with Gasteiger partial charge < -0.3 is 15.1 Å². The second kappa shape index (κ2) is 6.84. The fourth-order valence-corrected chi connectivity index (χ4v) is 2.15. The molecule has 0 aromatic carbocycles. The van der Waals surface area contributed by atoms with Crippen LogP contribution in [0, 0.1) is 0 Å². The maximum Gasteiger partial charge on any atom is 0.317 e. The molecule has 1 fully saturated rings. The smallest absolute Gasteiger partial charge is 0.317 e. The molecule has 0 spiro atoms. The third-order valence-corrected chi connectivity index (χ3v) is 3.58. The van der Waals surface area contributed by atoms with Crippen LogP contribution in [0.4, 0.5) is 4.79 Å². The number of amides is 2. The summed E-state index contributed by atoms with van der Waals surface area (Å²) in [4.78, 5) is 16.0. The summed E-state index contributed by atoms with van der Waals surface area (Å²) in [5, 5.41) is 14.7. The second-order valence-electron chi connectivity index (χ2n) is 5.96. The number of hydrogen-bond donors (Lipinski definition) is 1. The van der Waals surface area contributed by atoms with Gasteiger partial charge >= 0.3 is 6.03 Å². The van der Waals surface area contributed by atoms with Gasteiger partial charge in [0, 0.05) is 13.6 Å². The van der Waals surface area contributed by atoms with Gasteiger partial charge in [-0.25, -0.2) is 9.48 Å². The van der Waals surface area contributed by atoms with Crippen LogP contribution in [0.3, 0.4) is 0 Å². The summed E-state index contributed by atoms with van der Waals surface area (Å²) in [6.45, 7) is 3.60. The van der Waals surface area contributed by atoms with Gasteiger partial charge in [-0.1, -0.05) is 0 Å². The van der Waals surface area contributed by atoms with Crippen molar-refractivity contribution in [1.82, 2.24) is 35.3 Å². The highest BCUT2D eigenvalue weighted by Gasteiger charge is 2.30. The van der Waals surface area contributed by atoms with E-state index in [1.54, 1.807) is 4.90 Å². The molecule has 0 saturated heterocycles. The first-order chi connectivity index (χ1) is 9.99. The first-order valence-corrected chi connectivity index (χ1v) is 7.43. The van der Waals surface area contributed by atoms with Crippen molar-refractivity contribution in [3.63, 3.8) is 0 Å². The summed E-state index contributed by atoms with van der Waals surface area (Å²) in [6, 6.07) is 0.128. The molecule has 0 unspecified atom stereocenters. The molecule has 8 nitrogen and oxygen atoms in total. The van der Waals surface area contributed by atoms with Crippen molar-refractivity contribution < 1.29 is 4.79 Å². The molecule has 0 radical (unpaired) electrons. The molecule has 1 aliphatic rings. The Morgan fingerprint density at radius 1 is 1.38 bits per heavy atom. The molecule has 2 amide bonds. The Kier molecular flexibility index (Phi) is 5.11. The average molecular weight is 295 g/mol. The third kappa shape index (κ3) is 4.38. The van der Waals surface area contributed by atoms with Crippen LogP contribution >= 0.6 is 0 Å². The maximum absolute atomic E-state index is 12.1. The fraction of sp³-hybridized carbons (Fsp3) is 0.846. The Hall–Kier alpha value is -1.70. The monoisotopic (exact) mass is 295 g/mol. The Morgan fingerprint density at radius 3 is 2.71 bits per heavy atom. The van der Waals surface area contributed by atoms with Gasteiger partial charge in [0.25, 0.3) is 0 Å². The standard InChI is InChI=1S/C13H25N7O/c1-10(12-15-16-17-20(12)11-6-7-11)14-13(21)19(4)9-5-8-18(2)3/h10-11H,5-9H2,1-4H3,(H,14,21)/t10-/m0/s1. The van der Waals surface area contributed by atoms with Crippen LogP contribution in [0.2, 0.25) is 0 Å². The van der Waals surface area contributed by atoms with Crippen molar-refractivity contribution in [3.05, 3.63) is 5.82 Å². The van der Waals surface area contributed by atoms with Gasteiger partial charge in [0.1, 0.15) is 0 Å². The van der Waals surface area contributed by atoms with Crippen LogP contribution in [0.15, 0.2) is 0 Å². The lowest BCUT2D eigenvalue weighted by atomic mass is 10.3. The molecule has 21 heavy (non-hydrogen) atoms. The van der Waals surface area contributed by atoms with Crippen LogP contribution in [0.1, 0.15) is 44.1 Å². The van der Waals surface area contributed by atoms with Crippen LogP contribution in [0.5, 0.6) is 0 Å². The van der Waals surface area contributed by atoms with Gasteiger partial charge in [-0.05, 0) is 57.3 Å². The Labute approximate surface area is 125 Å². The number of nitrogens with zero attached hydrogens (tertiary/aromatic N) is 6. The summed E-state index contributed by atoms with van der Waals surface area (Å²) in [7, 11) is 5.86. The minimum atomic E-state index is -0.190. The van der Waals surface area contributed by atoms with E-state index in [4.69, 9.17) is 0 Å². The van der Waals surface area contributed by atoms with Gasteiger partial charge in [-0.2, -0.15) is 0 Å². The summed E-state index contributed by atoms with van der Waals surface area (Å²) < 4.78 is 1.83. The normalized spacial score (nSPS) is 16.0. The van der Waals surface area contributed by atoms with Gasteiger partial charge in [-0.15, -0.1) is 5.10 Å². The predicted molar refractivity (Wildman–Crippen MR) is 78.8 cm³/mol. The minimum absolute atomic E-state index is 0.0911. The number of carbonyl (C=O) groups excluding carboxylic acids is 1. The van der Waals surface area contributed by atoms with Crippen molar-refractivity contribution >= 4 is 6.03 Å². The number of hydrogen-bond acceptors (Lipinski definition) is 5. The third-order valence-electron chi connectivity index (χ3n) is 3.58. The number of tetrazole rings is 1. The van der Waals surface area contributed by atoms with Crippen molar-refractivity contribution in [2.45, 2.75) is 38.3 Å². The Bertz CT molecular complexity index is 469. The SMILES string of the molecule is C[C@H](NC(=O)N(C)CCCN(C)C)c1nnnn1C1CC1. The average Bonchev–Trinajstić information content (AvgIpc) is 3.15. The minimum Gasteiger partial charge on any atom is -0.328 e. The molecule has 0 bridgehead atoms. The molecule has 1 aliphatic carbocycles. The zero-order chi connectivity index (χ0) is 15.4. The second-order valence-corrected chi connectivity index (χ2v) is 5.96. The highest BCUT2D eigenvalue weighted by Crippen LogP contribution is 2.35. The molecule has 118 valence electrons. The van der Waals surface area contributed by atoms with Gasteiger partial charge in [-0.3, -0.25) is 0 Å². The zero-order valence-electron chi connectivity index (χ0n) is 13.3. The van der Waals surface area contributed by atoms with E-state index in [1.807, 2.05) is 32.7 Å². The van der Waals surface area contributed by atoms with Gasteiger partial charge in [0.2, 0.25) is 0 Å². The lowest BCUT2D eigenvalue weighted by molar-refractivity contribution is 0.202. The van der Waals surface area contributed by atoms with Crippen molar-refractivity contribution in [1.29, 1.82) is 0 Å². The zero-order valence-corrected chi connectivity index (χ0v) is 13.3. The molecule has 1 heterocycles. The van der Waals surface area contributed by atoms with Gasteiger partial charge in [0.05, 0.1) is 12.1 Å².